The van der Waals surface area contributed by atoms with Crippen molar-refractivity contribution in [2.45, 2.75) is 6.42 Å². The first kappa shape index (κ1) is 14.1. The number of hydrogen-bond acceptors (Lipinski definition) is 4. The summed E-state index contributed by atoms with van der Waals surface area (Å²) in [5.74, 6) is 2.62. The third-order valence-electron chi connectivity index (χ3n) is 3.56. The molecule has 4 nitrogen and oxygen atoms in total. The minimum Gasteiger partial charge on any atom is -0.497 e. The fraction of sp³-hybridized carbons (Fsp3) is 0.312. The third kappa shape index (κ3) is 2.93. The molecule has 0 saturated heterocycles. The zero-order chi connectivity index (χ0) is 14.8. The number of ether oxygens (including phenoxy) is 2. The van der Waals surface area contributed by atoms with Gasteiger partial charge in [-0.1, -0.05) is 0 Å². The van der Waals surface area contributed by atoms with E-state index in [1.54, 1.807) is 14.2 Å². The van der Waals surface area contributed by atoms with Gasteiger partial charge in [-0.2, -0.15) is 10.5 Å². The summed E-state index contributed by atoms with van der Waals surface area (Å²) in [7, 11) is 3.56. The van der Waals surface area contributed by atoms with Gasteiger partial charge in [0.15, 0.2) is 0 Å². The summed E-state index contributed by atoms with van der Waals surface area (Å²) < 4.78 is 10.6. The second-order valence-corrected chi connectivity index (χ2v) is 6.75. The molecular weight excluding hydrogens is 284 g/mol. The van der Waals surface area contributed by atoms with Crippen molar-refractivity contribution in [3.63, 3.8) is 0 Å². The van der Waals surface area contributed by atoms with E-state index in [9.17, 15) is 0 Å². The van der Waals surface area contributed by atoms with Crippen LogP contribution >= 0.6 is 10.5 Å². The van der Waals surface area contributed by atoms with Gasteiger partial charge in [0.1, 0.15) is 17.3 Å². The molecule has 0 radical (unpaired) electrons. The molecule has 0 amide bonds. The van der Waals surface area contributed by atoms with E-state index in [1.807, 2.05) is 18.2 Å². The molecule has 0 saturated carbocycles. The lowest BCUT2D eigenvalue weighted by Crippen LogP contribution is -2.27. The van der Waals surface area contributed by atoms with Crippen LogP contribution in [0.2, 0.25) is 0 Å². The van der Waals surface area contributed by atoms with Crippen LogP contribution in [0.25, 0.3) is 0 Å². The molecule has 21 heavy (non-hydrogen) atoms. The maximum absolute atomic E-state index is 5.32. The van der Waals surface area contributed by atoms with Gasteiger partial charge in [0.2, 0.25) is 0 Å². The predicted octanol–water partition coefficient (Wildman–Crippen LogP) is 2.92. The van der Waals surface area contributed by atoms with Gasteiger partial charge in [-0.15, -0.1) is 0 Å². The van der Waals surface area contributed by atoms with Crippen LogP contribution in [0.1, 0.15) is 6.42 Å². The Labute approximate surface area is 127 Å². The van der Waals surface area contributed by atoms with Crippen molar-refractivity contribution in [1.82, 2.24) is 5.32 Å². The lowest BCUT2D eigenvalue weighted by atomic mass is 10.0. The highest BCUT2D eigenvalue weighted by atomic mass is 32.2. The Morgan fingerprint density at radius 1 is 1.14 bits per heavy atom. The van der Waals surface area contributed by atoms with Gasteiger partial charge < -0.3 is 20.1 Å². The number of nitrogens with one attached hydrogen (secondary N) is 2. The molecule has 0 bridgehead atoms. The molecule has 1 aromatic rings. The largest absolute Gasteiger partial charge is 0.497 e. The summed E-state index contributed by atoms with van der Waals surface area (Å²) in [5.41, 5.74) is 3.70. The average molecular weight is 304 g/mol. The van der Waals surface area contributed by atoms with E-state index in [0.29, 0.717) is 0 Å². The molecule has 0 fully saturated rings. The number of allylic oxidation sites excluding steroid dienone is 1. The summed E-state index contributed by atoms with van der Waals surface area (Å²) in [6.45, 7) is 0.962. The second-order valence-electron chi connectivity index (χ2n) is 5.06. The molecule has 0 aromatic heterocycles. The Morgan fingerprint density at radius 3 is 2.52 bits per heavy atom. The zero-order valence-electron chi connectivity index (χ0n) is 12.5. The van der Waals surface area contributed by atoms with Crippen LogP contribution in [-0.4, -0.2) is 32.4 Å². The van der Waals surface area contributed by atoms with Crippen molar-refractivity contribution in [1.29, 1.82) is 0 Å². The van der Waals surface area contributed by atoms with Gasteiger partial charge in [-0.05, 0) is 29.0 Å². The third-order valence-corrected chi connectivity index (χ3v) is 4.83. The monoisotopic (exact) mass is 304 g/mol. The molecule has 5 heteroatoms. The van der Waals surface area contributed by atoms with Crippen LogP contribution in [0.15, 0.2) is 40.6 Å². The van der Waals surface area contributed by atoms with Gasteiger partial charge >= 0.3 is 0 Å². The fourth-order valence-electron chi connectivity index (χ4n) is 2.55. The highest BCUT2D eigenvalue weighted by Gasteiger charge is 2.19. The number of anilines is 1. The molecule has 2 N–H and O–H groups in total. The smallest absolute Gasteiger partial charge is 0.124 e. The summed E-state index contributed by atoms with van der Waals surface area (Å²) in [6.07, 6.45) is 3.33. The van der Waals surface area contributed by atoms with Crippen molar-refractivity contribution in [2.24, 2.45) is 0 Å². The van der Waals surface area contributed by atoms with E-state index < -0.39 is 0 Å². The van der Waals surface area contributed by atoms with E-state index in [0.717, 1.165) is 36.0 Å². The van der Waals surface area contributed by atoms with Gasteiger partial charge in [0.25, 0.3) is 0 Å². The Balaban J connectivity index is 1.93. The Kier molecular flexibility index (Phi) is 3.92. The zero-order valence-corrected chi connectivity index (χ0v) is 13.3. The van der Waals surface area contributed by atoms with E-state index in [-0.39, 0.29) is 10.5 Å². The molecule has 0 spiro atoms. The first-order valence-electron chi connectivity index (χ1n) is 6.87. The molecular formula is C16H20N2O2S. The first-order chi connectivity index (χ1) is 10.2. The van der Waals surface area contributed by atoms with Crippen LogP contribution in [-0.2, 0) is 0 Å². The normalized spacial score (nSPS) is 20.1. The summed E-state index contributed by atoms with van der Waals surface area (Å²) in [4.78, 5) is 0. The molecule has 2 aliphatic rings. The number of rotatable bonds is 4. The minimum atomic E-state index is 0.242. The lowest BCUT2D eigenvalue weighted by Gasteiger charge is -2.22. The molecule has 1 unspecified atom stereocenters. The Morgan fingerprint density at radius 2 is 1.86 bits per heavy atom. The average Bonchev–Trinajstić information content (AvgIpc) is 2.88. The van der Waals surface area contributed by atoms with Gasteiger partial charge in [0, 0.05) is 36.0 Å². The van der Waals surface area contributed by atoms with E-state index >= 15 is 0 Å². The van der Waals surface area contributed by atoms with Gasteiger partial charge in [-0.25, -0.2) is 0 Å². The van der Waals surface area contributed by atoms with E-state index in [2.05, 4.69) is 27.7 Å². The number of hydrogen-bond donors (Lipinski definition) is 2. The molecule has 3 rings (SSSR count). The Hall–Kier alpha value is -1.88. The molecule has 0 aliphatic carbocycles. The van der Waals surface area contributed by atoms with Gasteiger partial charge in [-0.3, -0.25) is 0 Å². The highest BCUT2D eigenvalue weighted by Crippen LogP contribution is 2.33. The highest BCUT2D eigenvalue weighted by molar-refractivity contribution is 8.17. The van der Waals surface area contributed by atoms with Gasteiger partial charge in [0.05, 0.1) is 14.2 Å². The maximum atomic E-state index is 5.32. The molecule has 1 aromatic carbocycles. The fourth-order valence-corrected chi connectivity index (χ4v) is 3.95. The minimum absolute atomic E-state index is 0.242. The number of benzene rings is 1. The first-order valence-corrected chi connectivity index (χ1v) is 8.63. The molecule has 2 heterocycles. The quantitative estimate of drug-likeness (QED) is 0.839. The predicted molar refractivity (Wildman–Crippen MR) is 90.5 cm³/mol. The van der Waals surface area contributed by atoms with Crippen LogP contribution in [0.3, 0.4) is 0 Å². The van der Waals surface area contributed by atoms with Crippen LogP contribution in [0.4, 0.5) is 5.69 Å². The number of methoxy groups -OCH3 is 2. The summed E-state index contributed by atoms with van der Waals surface area (Å²) in [6, 6.07) is 5.81. The topological polar surface area (TPSA) is 42.5 Å². The number of fused-ring (bicyclic) bond motifs is 1. The molecule has 112 valence electrons. The van der Waals surface area contributed by atoms with Crippen molar-refractivity contribution in [3.05, 3.63) is 40.6 Å². The van der Waals surface area contributed by atoms with Crippen molar-refractivity contribution < 1.29 is 9.47 Å². The van der Waals surface area contributed by atoms with Crippen molar-refractivity contribution in [3.8, 4) is 11.5 Å². The lowest BCUT2D eigenvalue weighted by molar-refractivity contribution is 0.394. The van der Waals surface area contributed by atoms with Crippen LogP contribution in [0.5, 0.6) is 11.5 Å². The molecule has 1 atom stereocenters. The van der Waals surface area contributed by atoms with E-state index in [4.69, 9.17) is 9.47 Å². The second kappa shape index (κ2) is 5.85. The Bertz CT molecular complexity index is 640. The summed E-state index contributed by atoms with van der Waals surface area (Å²) in [5, 5.41) is 11.6. The van der Waals surface area contributed by atoms with E-state index in [1.165, 1.54) is 11.1 Å². The van der Waals surface area contributed by atoms with Crippen molar-refractivity contribution >= 4 is 21.5 Å². The maximum Gasteiger partial charge on any atom is 0.124 e. The van der Waals surface area contributed by atoms with Crippen molar-refractivity contribution in [2.75, 3.05) is 32.3 Å². The molecule has 2 aliphatic heterocycles. The van der Waals surface area contributed by atoms with Crippen LogP contribution in [0, 0.1) is 0 Å². The standard InChI is InChI=1S/C16H20N2O2S/c1-19-13-6-12(7-14(8-13)20-2)18-16-15-10-21(3)9-11(15)4-5-17-16/h6-10,17-18H,4-5H2,1-3H3. The van der Waals surface area contributed by atoms with Crippen LogP contribution < -0.4 is 20.1 Å². The SMILES string of the molecule is COc1cc(NC2=C3C=S(C)C=C3CCN2)cc(OC)c1. The summed E-state index contributed by atoms with van der Waals surface area (Å²) >= 11 is 0.